The van der Waals surface area contributed by atoms with Gasteiger partial charge < -0.3 is 14.9 Å². The van der Waals surface area contributed by atoms with Crippen molar-refractivity contribution >= 4 is 5.97 Å². The summed E-state index contributed by atoms with van der Waals surface area (Å²) in [5, 5.41) is 17.6. The van der Waals surface area contributed by atoms with Crippen LogP contribution in [-0.2, 0) is 11.2 Å². The summed E-state index contributed by atoms with van der Waals surface area (Å²) >= 11 is 0. The Morgan fingerprint density at radius 2 is 1.79 bits per heavy atom. The molecular formula is C20H24O4. The van der Waals surface area contributed by atoms with E-state index in [4.69, 9.17) is 14.9 Å². The summed E-state index contributed by atoms with van der Waals surface area (Å²) in [5.41, 5.74) is 3.21. The fraction of sp³-hybridized carbons (Fsp3) is 0.350. The third-order valence-electron chi connectivity index (χ3n) is 3.79. The lowest BCUT2D eigenvalue weighted by Crippen LogP contribution is -2.01. The highest BCUT2D eigenvalue weighted by Crippen LogP contribution is 2.31. The van der Waals surface area contributed by atoms with Crippen LogP contribution in [0.3, 0.4) is 0 Å². The predicted octanol–water partition coefficient (Wildman–Crippen LogP) is 3.91. The number of hydrogen-bond acceptors (Lipinski definition) is 3. The molecule has 0 bridgehead atoms. The highest BCUT2D eigenvalue weighted by atomic mass is 16.5. The standard InChI is InChI=1S/C20H24O4/c21-13-4-5-14-24-19-12-11-16(7-6-10-20(22)23)15-18(19)17-8-2-1-3-9-17/h1-3,8-9,11-12,15,21H,4-7,10,13-14H2,(H,22,23). The first-order chi connectivity index (χ1) is 11.7. The number of carboxylic acid groups (broad SMARTS) is 1. The van der Waals surface area contributed by atoms with E-state index in [1.54, 1.807) is 0 Å². The maximum atomic E-state index is 10.7. The lowest BCUT2D eigenvalue weighted by Gasteiger charge is -2.13. The number of rotatable bonds is 10. The van der Waals surface area contributed by atoms with Gasteiger partial charge in [-0.3, -0.25) is 4.79 Å². The first-order valence-electron chi connectivity index (χ1n) is 8.34. The second-order valence-electron chi connectivity index (χ2n) is 5.72. The van der Waals surface area contributed by atoms with Crippen LogP contribution in [0.4, 0.5) is 0 Å². The lowest BCUT2D eigenvalue weighted by atomic mass is 9.99. The van der Waals surface area contributed by atoms with Gasteiger partial charge >= 0.3 is 5.97 Å². The van der Waals surface area contributed by atoms with E-state index in [0.717, 1.165) is 41.7 Å². The largest absolute Gasteiger partial charge is 0.493 e. The number of hydrogen-bond donors (Lipinski definition) is 2. The van der Waals surface area contributed by atoms with Crippen LogP contribution in [0.1, 0.15) is 31.2 Å². The number of aliphatic carboxylic acids is 1. The minimum absolute atomic E-state index is 0.178. The Balaban J connectivity index is 2.15. The maximum Gasteiger partial charge on any atom is 0.303 e. The molecular weight excluding hydrogens is 304 g/mol. The Labute approximate surface area is 142 Å². The first kappa shape index (κ1) is 18.0. The molecule has 0 heterocycles. The molecule has 128 valence electrons. The molecule has 2 N–H and O–H groups in total. The molecule has 0 radical (unpaired) electrons. The van der Waals surface area contributed by atoms with Gasteiger partial charge in [0, 0.05) is 18.6 Å². The summed E-state index contributed by atoms with van der Waals surface area (Å²) in [5.74, 6) is 0.0586. The number of ether oxygens (including phenoxy) is 1. The van der Waals surface area contributed by atoms with E-state index >= 15 is 0 Å². The van der Waals surface area contributed by atoms with Crippen molar-refractivity contribution in [2.75, 3.05) is 13.2 Å². The topological polar surface area (TPSA) is 66.8 Å². The zero-order chi connectivity index (χ0) is 17.2. The van der Waals surface area contributed by atoms with Crippen LogP contribution in [0.2, 0.25) is 0 Å². The van der Waals surface area contributed by atoms with E-state index in [2.05, 4.69) is 6.07 Å². The van der Waals surface area contributed by atoms with Gasteiger partial charge in [0.05, 0.1) is 6.61 Å². The first-order valence-corrected chi connectivity index (χ1v) is 8.34. The lowest BCUT2D eigenvalue weighted by molar-refractivity contribution is -0.137. The van der Waals surface area contributed by atoms with E-state index in [1.807, 2.05) is 42.5 Å². The molecule has 0 aliphatic heterocycles. The molecule has 4 nitrogen and oxygen atoms in total. The Morgan fingerprint density at radius 1 is 1.00 bits per heavy atom. The molecule has 2 aromatic rings. The van der Waals surface area contributed by atoms with Crippen LogP contribution in [0.25, 0.3) is 11.1 Å². The summed E-state index contributed by atoms with van der Waals surface area (Å²) < 4.78 is 5.89. The van der Waals surface area contributed by atoms with Crippen molar-refractivity contribution in [3.05, 3.63) is 54.1 Å². The van der Waals surface area contributed by atoms with Crippen LogP contribution >= 0.6 is 0 Å². The van der Waals surface area contributed by atoms with E-state index in [9.17, 15) is 4.79 Å². The van der Waals surface area contributed by atoms with Gasteiger partial charge in [0.15, 0.2) is 0 Å². The molecule has 0 saturated heterocycles. The van der Waals surface area contributed by atoms with E-state index < -0.39 is 5.97 Å². The van der Waals surface area contributed by atoms with E-state index in [0.29, 0.717) is 13.0 Å². The van der Waals surface area contributed by atoms with Crippen molar-refractivity contribution in [1.29, 1.82) is 0 Å². The molecule has 0 aromatic heterocycles. The van der Waals surface area contributed by atoms with Gasteiger partial charge in [0.1, 0.15) is 5.75 Å². The molecule has 0 spiro atoms. The summed E-state index contributed by atoms with van der Waals surface area (Å²) in [7, 11) is 0. The Hall–Kier alpha value is -2.33. The van der Waals surface area contributed by atoms with Crippen molar-refractivity contribution in [3.63, 3.8) is 0 Å². The van der Waals surface area contributed by atoms with Crippen LogP contribution < -0.4 is 4.74 Å². The zero-order valence-electron chi connectivity index (χ0n) is 13.8. The third-order valence-corrected chi connectivity index (χ3v) is 3.79. The SMILES string of the molecule is O=C(O)CCCc1ccc(OCCCCO)c(-c2ccccc2)c1. The number of unbranched alkanes of at least 4 members (excludes halogenated alkanes) is 1. The smallest absolute Gasteiger partial charge is 0.303 e. The number of benzene rings is 2. The van der Waals surface area contributed by atoms with E-state index in [-0.39, 0.29) is 13.0 Å². The molecule has 0 fully saturated rings. The van der Waals surface area contributed by atoms with Crippen LogP contribution in [0.15, 0.2) is 48.5 Å². The fourth-order valence-electron chi connectivity index (χ4n) is 2.54. The maximum absolute atomic E-state index is 10.7. The summed E-state index contributed by atoms with van der Waals surface area (Å²) in [6, 6.07) is 16.1. The number of carbonyl (C=O) groups is 1. The summed E-state index contributed by atoms with van der Waals surface area (Å²) in [4.78, 5) is 10.7. The Morgan fingerprint density at radius 3 is 2.50 bits per heavy atom. The van der Waals surface area contributed by atoms with Crippen LogP contribution in [0.5, 0.6) is 5.75 Å². The van der Waals surface area contributed by atoms with Crippen LogP contribution in [0, 0.1) is 0 Å². The predicted molar refractivity (Wildman–Crippen MR) is 94.3 cm³/mol. The van der Waals surface area contributed by atoms with Crippen LogP contribution in [-0.4, -0.2) is 29.4 Å². The molecule has 0 atom stereocenters. The van der Waals surface area contributed by atoms with Crippen molar-refractivity contribution in [2.24, 2.45) is 0 Å². The molecule has 0 aliphatic rings. The second-order valence-corrected chi connectivity index (χ2v) is 5.72. The number of aliphatic hydroxyl groups is 1. The van der Waals surface area contributed by atoms with Crippen molar-refractivity contribution in [2.45, 2.75) is 32.1 Å². The van der Waals surface area contributed by atoms with Gasteiger partial charge in [0.25, 0.3) is 0 Å². The van der Waals surface area contributed by atoms with Crippen molar-refractivity contribution in [1.82, 2.24) is 0 Å². The third kappa shape index (κ3) is 5.70. The Bertz CT molecular complexity index is 637. The van der Waals surface area contributed by atoms with Gasteiger partial charge in [-0.2, -0.15) is 0 Å². The summed E-state index contributed by atoms with van der Waals surface area (Å²) in [6.07, 6.45) is 3.08. The van der Waals surface area contributed by atoms with Crippen molar-refractivity contribution in [3.8, 4) is 16.9 Å². The van der Waals surface area contributed by atoms with E-state index in [1.165, 1.54) is 0 Å². The minimum atomic E-state index is -0.762. The fourth-order valence-corrected chi connectivity index (χ4v) is 2.54. The van der Waals surface area contributed by atoms with Gasteiger partial charge in [-0.25, -0.2) is 0 Å². The molecule has 2 rings (SSSR count). The number of aliphatic hydroxyl groups excluding tert-OH is 1. The zero-order valence-corrected chi connectivity index (χ0v) is 13.8. The van der Waals surface area contributed by atoms with Gasteiger partial charge in [-0.05, 0) is 48.9 Å². The Kier molecular flexibility index (Phi) is 7.30. The molecule has 4 heteroatoms. The van der Waals surface area contributed by atoms with Gasteiger partial charge in [-0.15, -0.1) is 0 Å². The average molecular weight is 328 g/mol. The molecule has 0 amide bonds. The highest BCUT2D eigenvalue weighted by Gasteiger charge is 2.08. The average Bonchev–Trinajstić information content (AvgIpc) is 2.60. The van der Waals surface area contributed by atoms with Gasteiger partial charge in [-0.1, -0.05) is 36.4 Å². The monoisotopic (exact) mass is 328 g/mol. The minimum Gasteiger partial charge on any atom is -0.493 e. The normalized spacial score (nSPS) is 10.5. The summed E-state index contributed by atoms with van der Waals surface area (Å²) in [6.45, 7) is 0.746. The van der Waals surface area contributed by atoms with Gasteiger partial charge in [0.2, 0.25) is 0 Å². The number of carboxylic acids is 1. The second kappa shape index (κ2) is 9.73. The molecule has 24 heavy (non-hydrogen) atoms. The van der Waals surface area contributed by atoms with Crippen molar-refractivity contribution < 1.29 is 19.7 Å². The molecule has 0 unspecified atom stereocenters. The molecule has 0 saturated carbocycles. The highest BCUT2D eigenvalue weighted by molar-refractivity contribution is 5.71. The molecule has 0 aliphatic carbocycles. The number of aryl methyl sites for hydroxylation is 1. The molecule has 2 aromatic carbocycles. The quantitative estimate of drug-likeness (QED) is 0.649.